The molecule has 3 heterocycles. The second-order valence-electron chi connectivity index (χ2n) is 7.01. The molecule has 2 saturated heterocycles. The van der Waals surface area contributed by atoms with Gasteiger partial charge < -0.3 is 15.2 Å². The van der Waals surface area contributed by atoms with Gasteiger partial charge in [0.1, 0.15) is 5.69 Å². The van der Waals surface area contributed by atoms with E-state index in [1.807, 2.05) is 0 Å². The lowest BCUT2D eigenvalue weighted by atomic mass is 9.97. The summed E-state index contributed by atoms with van der Waals surface area (Å²) < 4.78 is 5.29. The maximum atomic E-state index is 12.1. The van der Waals surface area contributed by atoms with Crippen LogP contribution in [0.4, 0.5) is 0 Å². The molecule has 2 aliphatic heterocycles. The number of H-pyrrole nitrogens is 1. The summed E-state index contributed by atoms with van der Waals surface area (Å²) in [7, 11) is 0. The summed E-state index contributed by atoms with van der Waals surface area (Å²) in [6, 6.07) is 0. The van der Waals surface area contributed by atoms with Crippen LogP contribution in [0.5, 0.6) is 0 Å². The summed E-state index contributed by atoms with van der Waals surface area (Å²) in [5.74, 6) is -0.536. The lowest BCUT2D eigenvalue weighted by Gasteiger charge is -2.33. The minimum absolute atomic E-state index is 0.0621. The van der Waals surface area contributed by atoms with Gasteiger partial charge in [-0.05, 0) is 25.3 Å². The first-order chi connectivity index (χ1) is 12.6. The van der Waals surface area contributed by atoms with Crippen molar-refractivity contribution in [3.05, 3.63) is 17.5 Å². The fraction of sp³-hybridized carbons (Fsp3) is 0.706. The number of aromatic nitrogens is 2. The Kier molecular flexibility index (Phi) is 6.59. The molecule has 1 aromatic heterocycles. The Morgan fingerprint density at radius 3 is 2.88 bits per heavy atom. The summed E-state index contributed by atoms with van der Waals surface area (Å²) in [6.45, 7) is 6.44. The van der Waals surface area contributed by atoms with Gasteiger partial charge in [0.05, 0.1) is 26.0 Å². The number of aromatic carboxylic acids is 1. The lowest BCUT2D eigenvalue weighted by Crippen LogP contribution is -2.45. The van der Waals surface area contributed by atoms with Gasteiger partial charge >= 0.3 is 5.97 Å². The highest BCUT2D eigenvalue weighted by Gasteiger charge is 2.23. The second kappa shape index (κ2) is 9.11. The van der Waals surface area contributed by atoms with E-state index in [1.54, 1.807) is 6.20 Å². The molecule has 2 fully saturated rings. The fourth-order valence-electron chi connectivity index (χ4n) is 3.60. The van der Waals surface area contributed by atoms with Crippen LogP contribution in [0.1, 0.15) is 28.9 Å². The standard InChI is InChI=1S/C17H27N5O4/c23-15(12-21-4-6-26-7-5-21)18-8-13-2-1-3-22(10-13)11-14-9-19-20-16(14)17(24)25/h9,13H,1-8,10-12H2,(H,18,23)(H,19,20)(H,24,25). The van der Waals surface area contributed by atoms with Crippen LogP contribution in [0, 0.1) is 5.92 Å². The van der Waals surface area contributed by atoms with Crippen LogP contribution in [0.15, 0.2) is 6.20 Å². The topological polar surface area (TPSA) is 111 Å². The highest BCUT2D eigenvalue weighted by atomic mass is 16.5. The lowest BCUT2D eigenvalue weighted by molar-refractivity contribution is -0.123. The molecule has 1 aromatic rings. The van der Waals surface area contributed by atoms with Crippen molar-refractivity contribution in [1.82, 2.24) is 25.3 Å². The van der Waals surface area contributed by atoms with Crippen LogP contribution < -0.4 is 5.32 Å². The predicted molar refractivity (Wildman–Crippen MR) is 93.8 cm³/mol. The van der Waals surface area contributed by atoms with Gasteiger partial charge in [-0.15, -0.1) is 0 Å². The van der Waals surface area contributed by atoms with Gasteiger partial charge in [-0.1, -0.05) is 0 Å². The number of hydrogen-bond donors (Lipinski definition) is 3. The molecular formula is C17H27N5O4. The number of rotatable bonds is 7. The smallest absolute Gasteiger partial charge is 0.354 e. The third-order valence-electron chi connectivity index (χ3n) is 4.99. The van der Waals surface area contributed by atoms with E-state index < -0.39 is 5.97 Å². The second-order valence-corrected chi connectivity index (χ2v) is 7.01. The minimum atomic E-state index is -0.985. The minimum Gasteiger partial charge on any atom is -0.477 e. The molecule has 0 aromatic carbocycles. The van der Waals surface area contributed by atoms with Gasteiger partial charge in [-0.3, -0.25) is 19.7 Å². The van der Waals surface area contributed by atoms with E-state index in [9.17, 15) is 9.59 Å². The number of nitrogens with one attached hydrogen (secondary N) is 2. The largest absolute Gasteiger partial charge is 0.477 e. The number of nitrogens with zero attached hydrogens (tertiary/aromatic N) is 3. The molecular weight excluding hydrogens is 338 g/mol. The number of carboxylic acid groups (broad SMARTS) is 1. The molecule has 0 bridgehead atoms. The van der Waals surface area contributed by atoms with Crippen molar-refractivity contribution >= 4 is 11.9 Å². The predicted octanol–water partition coefficient (Wildman–Crippen LogP) is -0.232. The number of carbonyl (C=O) groups excluding carboxylic acids is 1. The highest BCUT2D eigenvalue weighted by Crippen LogP contribution is 2.19. The maximum absolute atomic E-state index is 12.1. The van der Waals surface area contributed by atoms with Crippen molar-refractivity contribution in [2.45, 2.75) is 19.4 Å². The molecule has 1 atom stereocenters. The molecule has 0 radical (unpaired) electrons. The van der Waals surface area contributed by atoms with E-state index in [1.165, 1.54) is 0 Å². The highest BCUT2D eigenvalue weighted by molar-refractivity contribution is 5.86. The maximum Gasteiger partial charge on any atom is 0.354 e. The average Bonchev–Trinajstić information content (AvgIpc) is 3.10. The van der Waals surface area contributed by atoms with Crippen molar-refractivity contribution in [2.75, 3.05) is 52.5 Å². The zero-order valence-corrected chi connectivity index (χ0v) is 14.9. The quantitative estimate of drug-likeness (QED) is 0.612. The fourth-order valence-corrected chi connectivity index (χ4v) is 3.60. The van der Waals surface area contributed by atoms with Gasteiger partial charge in [0.15, 0.2) is 0 Å². The number of carboxylic acids is 1. The number of hydrogen-bond acceptors (Lipinski definition) is 6. The summed E-state index contributed by atoms with van der Waals surface area (Å²) in [4.78, 5) is 27.7. The van der Waals surface area contributed by atoms with Crippen LogP contribution in [0.3, 0.4) is 0 Å². The Morgan fingerprint density at radius 2 is 2.12 bits per heavy atom. The number of aromatic amines is 1. The third kappa shape index (κ3) is 5.26. The van der Waals surface area contributed by atoms with Crippen molar-refractivity contribution in [3.8, 4) is 0 Å². The molecule has 144 valence electrons. The monoisotopic (exact) mass is 365 g/mol. The Bertz CT molecular complexity index is 614. The molecule has 3 rings (SSSR count). The SMILES string of the molecule is O=C(CN1CCOCC1)NCC1CCCN(Cc2cn[nH]c2C(=O)O)C1. The van der Waals surface area contributed by atoms with Crippen LogP contribution in [-0.4, -0.2) is 89.5 Å². The Hall–Kier alpha value is -1.97. The number of likely N-dealkylation sites (tertiary alicyclic amines) is 1. The molecule has 0 spiro atoms. The molecule has 9 heteroatoms. The van der Waals surface area contributed by atoms with E-state index in [2.05, 4.69) is 25.3 Å². The van der Waals surface area contributed by atoms with Crippen molar-refractivity contribution < 1.29 is 19.4 Å². The van der Waals surface area contributed by atoms with E-state index in [4.69, 9.17) is 9.84 Å². The Balaban J connectivity index is 1.42. The average molecular weight is 365 g/mol. The zero-order valence-electron chi connectivity index (χ0n) is 14.9. The van der Waals surface area contributed by atoms with Crippen LogP contribution in [0.25, 0.3) is 0 Å². The first-order valence-electron chi connectivity index (χ1n) is 9.16. The number of morpholine rings is 1. The Labute approximate surface area is 152 Å². The van der Waals surface area contributed by atoms with E-state index >= 15 is 0 Å². The molecule has 3 N–H and O–H groups in total. The molecule has 0 saturated carbocycles. The normalized spacial score (nSPS) is 22.2. The number of ether oxygens (including phenoxy) is 1. The van der Waals surface area contributed by atoms with Crippen LogP contribution >= 0.6 is 0 Å². The zero-order chi connectivity index (χ0) is 18.4. The van der Waals surface area contributed by atoms with E-state index in [-0.39, 0.29) is 11.6 Å². The number of amides is 1. The molecule has 1 amide bonds. The van der Waals surface area contributed by atoms with Crippen molar-refractivity contribution in [3.63, 3.8) is 0 Å². The first-order valence-corrected chi connectivity index (χ1v) is 9.16. The van der Waals surface area contributed by atoms with Gasteiger partial charge in [-0.2, -0.15) is 5.10 Å². The summed E-state index contributed by atoms with van der Waals surface area (Å²) in [6.07, 6.45) is 3.70. The molecule has 2 aliphatic rings. The van der Waals surface area contributed by atoms with Crippen LogP contribution in [0.2, 0.25) is 0 Å². The number of carbonyl (C=O) groups is 2. The Morgan fingerprint density at radius 1 is 1.31 bits per heavy atom. The van der Waals surface area contributed by atoms with Gasteiger partial charge in [0.25, 0.3) is 0 Å². The summed E-state index contributed by atoms with van der Waals surface area (Å²) in [5.41, 5.74) is 0.862. The van der Waals surface area contributed by atoms with Gasteiger partial charge in [-0.25, -0.2) is 4.79 Å². The van der Waals surface area contributed by atoms with Crippen molar-refractivity contribution in [2.24, 2.45) is 5.92 Å². The molecule has 1 unspecified atom stereocenters. The van der Waals surface area contributed by atoms with E-state index in [0.717, 1.165) is 39.0 Å². The molecule has 26 heavy (non-hydrogen) atoms. The van der Waals surface area contributed by atoms with Gasteiger partial charge in [0, 0.05) is 38.3 Å². The number of piperidine rings is 1. The van der Waals surface area contributed by atoms with E-state index in [0.29, 0.717) is 44.3 Å². The van der Waals surface area contributed by atoms with Gasteiger partial charge in [0.2, 0.25) is 5.91 Å². The van der Waals surface area contributed by atoms with Crippen molar-refractivity contribution in [1.29, 1.82) is 0 Å². The van der Waals surface area contributed by atoms with Crippen LogP contribution in [-0.2, 0) is 16.1 Å². The summed E-state index contributed by atoms with van der Waals surface area (Å²) in [5, 5.41) is 18.6. The third-order valence-corrected chi connectivity index (χ3v) is 4.99. The molecule has 9 nitrogen and oxygen atoms in total. The summed E-state index contributed by atoms with van der Waals surface area (Å²) >= 11 is 0. The first kappa shape index (κ1) is 18.8. The molecule has 0 aliphatic carbocycles.